The lowest BCUT2D eigenvalue weighted by Gasteiger charge is -2.33. The fraction of sp³-hybridized carbons (Fsp3) is 0.556. The fourth-order valence-electron chi connectivity index (χ4n) is 2.70. The molecule has 4 heteroatoms. The molecule has 1 aromatic carbocycles. The average molecular weight is 302 g/mol. The van der Waals surface area contributed by atoms with E-state index in [1.807, 2.05) is 0 Å². The molecule has 1 saturated carbocycles. The SMILES string of the molecule is CCC(C)C(C)N(C(=O)c1ccc(NC(C)=O)cc1)C1CC1. The van der Waals surface area contributed by atoms with Gasteiger partial charge in [-0.25, -0.2) is 0 Å². The predicted molar refractivity (Wildman–Crippen MR) is 88.9 cm³/mol. The number of anilines is 1. The molecule has 2 amide bonds. The summed E-state index contributed by atoms with van der Waals surface area (Å²) in [6.45, 7) is 7.99. The summed E-state index contributed by atoms with van der Waals surface area (Å²) in [5.41, 5.74) is 1.41. The van der Waals surface area contributed by atoms with Crippen LogP contribution < -0.4 is 5.32 Å². The van der Waals surface area contributed by atoms with Crippen molar-refractivity contribution >= 4 is 17.5 Å². The number of carbonyl (C=O) groups excluding carboxylic acids is 2. The van der Waals surface area contributed by atoms with E-state index in [9.17, 15) is 9.59 Å². The Balaban J connectivity index is 2.15. The van der Waals surface area contributed by atoms with E-state index in [-0.39, 0.29) is 17.9 Å². The summed E-state index contributed by atoms with van der Waals surface area (Å²) in [5.74, 6) is 0.483. The Hall–Kier alpha value is -1.84. The van der Waals surface area contributed by atoms with E-state index in [1.165, 1.54) is 6.92 Å². The average Bonchev–Trinajstić information content (AvgIpc) is 3.31. The normalized spacial score (nSPS) is 16.7. The molecule has 0 aromatic heterocycles. The molecule has 22 heavy (non-hydrogen) atoms. The molecule has 2 unspecified atom stereocenters. The van der Waals surface area contributed by atoms with Gasteiger partial charge >= 0.3 is 0 Å². The molecule has 1 aliphatic rings. The van der Waals surface area contributed by atoms with Gasteiger partial charge in [0, 0.05) is 30.3 Å². The van der Waals surface area contributed by atoms with Crippen LogP contribution in [-0.2, 0) is 4.79 Å². The van der Waals surface area contributed by atoms with Crippen molar-refractivity contribution in [2.24, 2.45) is 5.92 Å². The molecule has 4 nitrogen and oxygen atoms in total. The maximum atomic E-state index is 12.9. The minimum Gasteiger partial charge on any atom is -0.333 e. The number of carbonyl (C=O) groups is 2. The van der Waals surface area contributed by atoms with E-state index in [2.05, 4.69) is 31.0 Å². The molecular weight excluding hydrogens is 276 g/mol. The Morgan fingerprint density at radius 1 is 1.23 bits per heavy atom. The van der Waals surface area contributed by atoms with Gasteiger partial charge in [0.2, 0.25) is 5.91 Å². The van der Waals surface area contributed by atoms with Crippen molar-refractivity contribution in [3.05, 3.63) is 29.8 Å². The molecule has 1 aliphatic carbocycles. The molecule has 120 valence electrons. The summed E-state index contributed by atoms with van der Waals surface area (Å²) in [6.07, 6.45) is 3.28. The smallest absolute Gasteiger partial charge is 0.254 e. The summed E-state index contributed by atoms with van der Waals surface area (Å²) in [4.78, 5) is 26.0. The highest BCUT2D eigenvalue weighted by Crippen LogP contribution is 2.32. The van der Waals surface area contributed by atoms with Gasteiger partial charge in [0.1, 0.15) is 0 Å². The Bertz CT molecular complexity index is 535. The van der Waals surface area contributed by atoms with Crippen molar-refractivity contribution in [1.82, 2.24) is 4.90 Å². The topological polar surface area (TPSA) is 49.4 Å². The number of rotatable bonds is 6. The standard InChI is InChI=1S/C18H26N2O2/c1-5-12(2)13(3)20(17-10-11-17)18(22)15-6-8-16(9-7-15)19-14(4)21/h6-9,12-13,17H,5,10-11H2,1-4H3,(H,19,21). The zero-order valence-electron chi connectivity index (χ0n) is 13.9. The second kappa shape index (κ2) is 6.95. The third-order valence-corrected chi connectivity index (χ3v) is 4.53. The van der Waals surface area contributed by atoms with Crippen molar-refractivity contribution in [3.8, 4) is 0 Å². The number of nitrogens with one attached hydrogen (secondary N) is 1. The van der Waals surface area contributed by atoms with E-state index < -0.39 is 0 Å². The first kappa shape index (κ1) is 16.5. The first-order chi connectivity index (χ1) is 10.4. The lowest BCUT2D eigenvalue weighted by atomic mass is 9.98. The third-order valence-electron chi connectivity index (χ3n) is 4.53. The Labute approximate surface area is 132 Å². The zero-order valence-corrected chi connectivity index (χ0v) is 13.9. The van der Waals surface area contributed by atoms with Crippen molar-refractivity contribution in [2.45, 2.75) is 59.0 Å². The molecular formula is C18H26N2O2. The number of nitrogens with zero attached hydrogens (tertiary/aromatic N) is 1. The van der Waals surface area contributed by atoms with Crippen LogP contribution in [0.25, 0.3) is 0 Å². The lowest BCUT2D eigenvalue weighted by molar-refractivity contribution is -0.114. The largest absolute Gasteiger partial charge is 0.333 e. The molecule has 0 spiro atoms. The molecule has 1 fully saturated rings. The number of amides is 2. The highest BCUT2D eigenvalue weighted by Gasteiger charge is 2.37. The molecule has 2 atom stereocenters. The fourth-order valence-corrected chi connectivity index (χ4v) is 2.70. The quantitative estimate of drug-likeness (QED) is 0.871. The Morgan fingerprint density at radius 2 is 1.82 bits per heavy atom. The van der Waals surface area contributed by atoms with Crippen LogP contribution in [0.4, 0.5) is 5.69 Å². The zero-order chi connectivity index (χ0) is 16.3. The van der Waals surface area contributed by atoms with E-state index in [4.69, 9.17) is 0 Å². The van der Waals surface area contributed by atoms with Crippen LogP contribution in [0.2, 0.25) is 0 Å². The van der Waals surface area contributed by atoms with Gasteiger partial charge in [-0.2, -0.15) is 0 Å². The van der Waals surface area contributed by atoms with Crippen LogP contribution in [0, 0.1) is 5.92 Å². The second-order valence-electron chi connectivity index (χ2n) is 6.33. The maximum absolute atomic E-state index is 12.9. The van der Waals surface area contributed by atoms with Crippen LogP contribution in [0.3, 0.4) is 0 Å². The third kappa shape index (κ3) is 3.87. The lowest BCUT2D eigenvalue weighted by Crippen LogP contribution is -2.43. The van der Waals surface area contributed by atoms with Crippen molar-refractivity contribution in [1.29, 1.82) is 0 Å². The van der Waals surface area contributed by atoms with Gasteiger partial charge < -0.3 is 10.2 Å². The second-order valence-corrected chi connectivity index (χ2v) is 6.33. The first-order valence-electron chi connectivity index (χ1n) is 8.14. The number of hydrogen-bond acceptors (Lipinski definition) is 2. The van der Waals surface area contributed by atoms with Crippen LogP contribution in [0.5, 0.6) is 0 Å². The van der Waals surface area contributed by atoms with Gasteiger partial charge in [-0.1, -0.05) is 20.3 Å². The highest BCUT2D eigenvalue weighted by molar-refractivity contribution is 5.96. The van der Waals surface area contributed by atoms with Crippen molar-refractivity contribution in [2.75, 3.05) is 5.32 Å². The van der Waals surface area contributed by atoms with E-state index >= 15 is 0 Å². The monoisotopic (exact) mass is 302 g/mol. The van der Waals surface area contributed by atoms with Crippen LogP contribution in [0.1, 0.15) is 57.3 Å². The Morgan fingerprint density at radius 3 is 2.27 bits per heavy atom. The van der Waals surface area contributed by atoms with Crippen molar-refractivity contribution in [3.63, 3.8) is 0 Å². The molecule has 1 N–H and O–H groups in total. The Kier molecular flexibility index (Phi) is 5.22. The van der Waals surface area contributed by atoms with E-state index in [0.717, 1.165) is 24.9 Å². The van der Waals surface area contributed by atoms with Gasteiger partial charge in [-0.05, 0) is 49.9 Å². The van der Waals surface area contributed by atoms with E-state index in [0.29, 0.717) is 17.5 Å². The summed E-state index contributed by atoms with van der Waals surface area (Å²) in [7, 11) is 0. The molecule has 0 bridgehead atoms. The minimum atomic E-state index is -0.107. The molecule has 0 saturated heterocycles. The summed E-state index contributed by atoms with van der Waals surface area (Å²) in [6, 6.07) is 7.81. The molecule has 0 aliphatic heterocycles. The van der Waals surface area contributed by atoms with Gasteiger partial charge in [-0.15, -0.1) is 0 Å². The van der Waals surface area contributed by atoms with Gasteiger partial charge in [0.05, 0.1) is 0 Å². The van der Waals surface area contributed by atoms with E-state index in [1.54, 1.807) is 24.3 Å². The first-order valence-corrected chi connectivity index (χ1v) is 8.14. The molecule has 1 aromatic rings. The molecule has 2 rings (SSSR count). The summed E-state index contributed by atoms with van der Waals surface area (Å²) < 4.78 is 0. The predicted octanol–water partition coefficient (Wildman–Crippen LogP) is 3.68. The maximum Gasteiger partial charge on any atom is 0.254 e. The number of hydrogen-bond donors (Lipinski definition) is 1. The summed E-state index contributed by atoms with van der Waals surface area (Å²) in [5, 5.41) is 2.72. The van der Waals surface area contributed by atoms with Gasteiger partial charge in [-0.3, -0.25) is 9.59 Å². The minimum absolute atomic E-state index is 0.102. The molecule has 0 radical (unpaired) electrons. The summed E-state index contributed by atoms with van der Waals surface area (Å²) >= 11 is 0. The highest BCUT2D eigenvalue weighted by atomic mass is 16.2. The van der Waals surface area contributed by atoms with Crippen molar-refractivity contribution < 1.29 is 9.59 Å². The number of benzene rings is 1. The van der Waals surface area contributed by atoms with Crippen LogP contribution in [0.15, 0.2) is 24.3 Å². The van der Waals surface area contributed by atoms with Gasteiger partial charge in [0.25, 0.3) is 5.91 Å². The van der Waals surface area contributed by atoms with Gasteiger partial charge in [0.15, 0.2) is 0 Å². The van der Waals surface area contributed by atoms with Crippen LogP contribution >= 0.6 is 0 Å². The molecule has 0 heterocycles. The van der Waals surface area contributed by atoms with Crippen LogP contribution in [-0.4, -0.2) is 28.8 Å².